The number of hydrogen-bond acceptors (Lipinski definition) is 2. The predicted octanol–water partition coefficient (Wildman–Crippen LogP) is 16.1. The minimum atomic E-state index is -0.291. The molecular weight excluding hydrogens is 797 g/mol. The summed E-state index contributed by atoms with van der Waals surface area (Å²) in [4.78, 5) is 5.61. The fraction of sp³-hybridized carbons (Fsp3) is 0. The SMILES string of the molecule is [2H]c1c([2H])c([2H])c2c(c1[2H])c1ccccc1n2-c1cc(-c2c(-c3cccc4sc5ccccc5c34)cccc2-n2c3ccccc3c3ccccc32)cc(-n2c3ccccc3c3ccccc32)n1. The van der Waals surface area contributed by atoms with Gasteiger partial charge in [0.25, 0.3) is 0 Å². The van der Waals surface area contributed by atoms with E-state index in [4.69, 9.17) is 7.73 Å². The number of benzene rings is 9. The molecule has 14 rings (SSSR count). The van der Waals surface area contributed by atoms with Crippen LogP contribution in [0, 0.1) is 0 Å². The van der Waals surface area contributed by atoms with E-state index in [0.29, 0.717) is 22.5 Å². The van der Waals surface area contributed by atoms with Gasteiger partial charge in [0.05, 0.1) is 44.3 Å². The van der Waals surface area contributed by atoms with Gasteiger partial charge in [0.15, 0.2) is 0 Å². The minimum absolute atomic E-state index is 0.0789. The molecule has 0 aliphatic carbocycles. The summed E-state index contributed by atoms with van der Waals surface area (Å²) in [5, 5.41) is 8.11. The molecule has 4 nitrogen and oxygen atoms in total. The first-order valence-electron chi connectivity index (χ1n) is 23.5. The highest BCUT2D eigenvalue weighted by Gasteiger charge is 2.24. The van der Waals surface area contributed by atoms with Crippen LogP contribution >= 0.6 is 11.3 Å². The molecule has 0 N–H and O–H groups in total. The third-order valence-electron chi connectivity index (χ3n) is 13.0. The Labute approximate surface area is 377 Å². The molecule has 0 atom stereocenters. The van der Waals surface area contributed by atoms with Crippen molar-refractivity contribution < 1.29 is 5.48 Å². The van der Waals surface area contributed by atoms with Crippen molar-refractivity contribution in [3.63, 3.8) is 0 Å². The highest BCUT2D eigenvalue weighted by molar-refractivity contribution is 7.25. The summed E-state index contributed by atoms with van der Waals surface area (Å²) in [6.45, 7) is 0. The van der Waals surface area contributed by atoms with E-state index in [2.05, 4.69) is 179 Å². The Morgan fingerprint density at radius 2 is 0.828 bits per heavy atom. The normalized spacial score (nSPS) is 12.9. The van der Waals surface area contributed by atoms with E-state index in [1.54, 1.807) is 11.3 Å². The van der Waals surface area contributed by atoms with Gasteiger partial charge >= 0.3 is 0 Å². The standard InChI is InChI=1S/C59H36N4S/c1-8-26-47-38(17-1)39-18-2-9-27-48(39)61(47)53-32-15-24-44(45-25-16-34-55-59(45)46-23-7-14-33-54(46)64-55)58(53)37-35-56(62-49-28-10-3-19-40(49)41-20-4-11-29-50(41)62)60-57(36-37)63-51-30-12-5-21-42(51)43-22-6-13-31-52(43)63/h1-36H/i3D,10D,19D,28D. The van der Waals surface area contributed by atoms with Gasteiger partial charge in [-0.1, -0.05) is 152 Å². The molecule has 0 radical (unpaired) electrons. The van der Waals surface area contributed by atoms with Crippen LogP contribution in [0.25, 0.3) is 125 Å². The molecule has 5 heteroatoms. The second kappa shape index (κ2) is 13.6. The monoisotopic (exact) mass is 836 g/mol. The highest BCUT2D eigenvalue weighted by Crippen LogP contribution is 2.47. The van der Waals surface area contributed by atoms with Crippen LogP contribution in [0.2, 0.25) is 0 Å². The number of rotatable bonds is 5. The first kappa shape index (κ1) is 31.6. The van der Waals surface area contributed by atoms with Crippen LogP contribution < -0.4 is 0 Å². The van der Waals surface area contributed by atoms with E-state index in [1.807, 2.05) is 28.8 Å². The maximum absolute atomic E-state index is 9.48. The van der Waals surface area contributed by atoms with Crippen molar-refractivity contribution in [2.45, 2.75) is 0 Å². The molecule has 5 aromatic heterocycles. The Balaban J connectivity index is 1.19. The summed E-state index contributed by atoms with van der Waals surface area (Å²) in [6, 6.07) is 67.3. The van der Waals surface area contributed by atoms with Crippen molar-refractivity contribution in [2.24, 2.45) is 0 Å². The summed E-state index contributed by atoms with van der Waals surface area (Å²) in [5.74, 6) is 1.20. The van der Waals surface area contributed by atoms with Gasteiger partial charge in [0, 0.05) is 58.1 Å². The molecule has 0 saturated heterocycles. The second-order valence-electron chi connectivity index (χ2n) is 16.4. The lowest BCUT2D eigenvalue weighted by atomic mass is 9.90. The Morgan fingerprint density at radius 1 is 0.375 bits per heavy atom. The third kappa shape index (κ3) is 5.01. The zero-order valence-electron chi connectivity index (χ0n) is 38.2. The number of thiophene rings is 1. The van der Waals surface area contributed by atoms with Gasteiger partial charge in [-0.15, -0.1) is 11.3 Å². The molecule has 0 unspecified atom stereocenters. The van der Waals surface area contributed by atoms with Crippen molar-refractivity contribution in [3.8, 4) is 39.6 Å². The zero-order chi connectivity index (χ0) is 45.4. The molecule has 0 aliphatic heterocycles. The lowest BCUT2D eigenvalue weighted by Crippen LogP contribution is -2.06. The number of fused-ring (bicyclic) bond motifs is 12. The minimum Gasteiger partial charge on any atom is -0.309 e. The molecule has 64 heavy (non-hydrogen) atoms. The summed E-state index contributed by atoms with van der Waals surface area (Å²) in [5.41, 5.74) is 10.3. The summed E-state index contributed by atoms with van der Waals surface area (Å²) < 4.78 is 45.4. The Bertz CT molecular complexity index is 4350. The van der Waals surface area contributed by atoms with Gasteiger partial charge in [-0.05, 0) is 83.4 Å². The number of para-hydroxylation sites is 6. The molecule has 0 aliphatic rings. The van der Waals surface area contributed by atoms with E-state index < -0.39 is 0 Å². The maximum Gasteiger partial charge on any atom is 0.140 e. The molecule has 0 bridgehead atoms. The van der Waals surface area contributed by atoms with Crippen molar-refractivity contribution >= 4 is 96.9 Å². The fourth-order valence-corrected chi connectivity index (χ4v) is 11.5. The maximum atomic E-state index is 9.48. The van der Waals surface area contributed by atoms with Crippen LogP contribution in [-0.2, 0) is 0 Å². The Kier molecular flexibility index (Phi) is 6.72. The first-order chi connectivity index (χ1) is 33.4. The average molecular weight is 837 g/mol. The van der Waals surface area contributed by atoms with E-state index in [-0.39, 0.29) is 24.2 Å². The first-order valence-corrected chi connectivity index (χ1v) is 22.3. The van der Waals surface area contributed by atoms with E-state index in [1.165, 1.54) is 20.2 Å². The van der Waals surface area contributed by atoms with Gasteiger partial charge in [0.2, 0.25) is 0 Å². The van der Waals surface area contributed by atoms with E-state index >= 15 is 0 Å². The quantitative estimate of drug-likeness (QED) is 0.170. The van der Waals surface area contributed by atoms with Gasteiger partial charge < -0.3 is 4.57 Å². The van der Waals surface area contributed by atoms with Crippen LogP contribution in [0.3, 0.4) is 0 Å². The molecule has 0 amide bonds. The predicted molar refractivity (Wildman–Crippen MR) is 271 cm³/mol. The van der Waals surface area contributed by atoms with Crippen LogP contribution in [0.15, 0.2) is 218 Å². The smallest absolute Gasteiger partial charge is 0.140 e. The molecule has 5 heterocycles. The second-order valence-corrected chi connectivity index (χ2v) is 17.4. The molecule has 298 valence electrons. The summed E-state index contributed by atoms with van der Waals surface area (Å²) in [7, 11) is 0. The average Bonchev–Trinajstić information content (AvgIpc) is 4.14. The highest BCUT2D eigenvalue weighted by atomic mass is 32.1. The van der Waals surface area contributed by atoms with Crippen LogP contribution in [0.5, 0.6) is 0 Å². The van der Waals surface area contributed by atoms with Crippen molar-refractivity contribution in [1.82, 2.24) is 18.7 Å². The van der Waals surface area contributed by atoms with Crippen LogP contribution in [0.4, 0.5) is 0 Å². The zero-order valence-corrected chi connectivity index (χ0v) is 35.0. The van der Waals surface area contributed by atoms with Crippen molar-refractivity contribution in [3.05, 3.63) is 218 Å². The number of aromatic nitrogens is 4. The molecule has 0 saturated carbocycles. The molecular formula is C59H36N4S. The van der Waals surface area contributed by atoms with Gasteiger partial charge in [0.1, 0.15) is 11.6 Å². The Hall–Kier alpha value is -8.25. The van der Waals surface area contributed by atoms with Gasteiger partial charge in [-0.25, -0.2) is 4.98 Å². The number of nitrogens with zero attached hydrogens (tertiary/aromatic N) is 4. The largest absolute Gasteiger partial charge is 0.309 e. The van der Waals surface area contributed by atoms with Crippen LogP contribution in [0.1, 0.15) is 5.48 Å². The van der Waals surface area contributed by atoms with Crippen LogP contribution in [-0.4, -0.2) is 18.7 Å². The Morgan fingerprint density at radius 3 is 1.44 bits per heavy atom. The number of pyridine rings is 1. The molecule has 0 fully saturated rings. The summed E-state index contributed by atoms with van der Waals surface area (Å²) in [6.07, 6.45) is 0. The lowest BCUT2D eigenvalue weighted by molar-refractivity contribution is 1.01. The molecule has 9 aromatic carbocycles. The number of hydrogen-bond donors (Lipinski definition) is 0. The molecule has 0 spiro atoms. The topological polar surface area (TPSA) is 27.7 Å². The fourth-order valence-electron chi connectivity index (χ4n) is 10.4. The van der Waals surface area contributed by atoms with Gasteiger partial charge in [-0.3, -0.25) is 9.13 Å². The third-order valence-corrected chi connectivity index (χ3v) is 14.1. The molecule has 14 aromatic rings. The van der Waals surface area contributed by atoms with E-state index in [9.17, 15) is 2.74 Å². The van der Waals surface area contributed by atoms with Crippen molar-refractivity contribution in [1.29, 1.82) is 0 Å². The van der Waals surface area contributed by atoms with Crippen molar-refractivity contribution in [2.75, 3.05) is 0 Å². The van der Waals surface area contributed by atoms with E-state index in [0.717, 1.165) is 82.5 Å². The van der Waals surface area contributed by atoms with Gasteiger partial charge in [-0.2, -0.15) is 0 Å². The summed E-state index contributed by atoms with van der Waals surface area (Å²) >= 11 is 1.80. The lowest BCUT2D eigenvalue weighted by Gasteiger charge is -2.21.